The second kappa shape index (κ2) is 6.32. The van der Waals surface area contributed by atoms with Gasteiger partial charge in [-0.2, -0.15) is 0 Å². The van der Waals surface area contributed by atoms with Crippen molar-refractivity contribution in [2.75, 3.05) is 10.6 Å². The maximum atomic E-state index is 13.1. The number of rotatable bonds is 3. The van der Waals surface area contributed by atoms with Crippen molar-refractivity contribution < 1.29 is 9.18 Å². The van der Waals surface area contributed by atoms with E-state index < -0.39 is 5.82 Å². The van der Waals surface area contributed by atoms with Gasteiger partial charge in [-0.05, 0) is 51.1 Å². The Morgan fingerprint density at radius 3 is 2.41 bits per heavy atom. The summed E-state index contributed by atoms with van der Waals surface area (Å²) in [4.78, 5) is 16.2. The van der Waals surface area contributed by atoms with E-state index in [-0.39, 0.29) is 22.2 Å². The molecule has 116 valence electrons. The minimum Gasteiger partial charge on any atom is -0.379 e. The molecule has 0 bridgehead atoms. The topological polar surface area (TPSA) is 54.0 Å². The molecule has 0 spiro atoms. The number of benzene rings is 1. The van der Waals surface area contributed by atoms with E-state index in [2.05, 4.69) is 15.6 Å². The SMILES string of the molecule is CC(C)(C)Nc1ccc(C(=O)Nc2ccc(F)c(Cl)c2)nc1. The minimum atomic E-state index is -0.532. The van der Waals surface area contributed by atoms with Crippen LogP contribution in [0, 0.1) is 5.82 Å². The number of aromatic nitrogens is 1. The van der Waals surface area contributed by atoms with Crippen LogP contribution in [0.4, 0.5) is 15.8 Å². The van der Waals surface area contributed by atoms with Crippen LogP contribution in [0.3, 0.4) is 0 Å². The van der Waals surface area contributed by atoms with Crippen molar-refractivity contribution >= 4 is 28.9 Å². The molecule has 2 rings (SSSR count). The lowest BCUT2D eigenvalue weighted by molar-refractivity contribution is 0.102. The quantitative estimate of drug-likeness (QED) is 0.884. The van der Waals surface area contributed by atoms with Gasteiger partial charge < -0.3 is 10.6 Å². The first-order valence-electron chi connectivity index (χ1n) is 6.75. The molecule has 1 aromatic carbocycles. The van der Waals surface area contributed by atoms with Crippen LogP contribution in [0.15, 0.2) is 36.5 Å². The molecule has 0 atom stereocenters. The number of nitrogens with zero attached hydrogens (tertiary/aromatic N) is 1. The maximum Gasteiger partial charge on any atom is 0.274 e. The number of hydrogen-bond donors (Lipinski definition) is 2. The van der Waals surface area contributed by atoms with E-state index >= 15 is 0 Å². The molecule has 0 aliphatic carbocycles. The number of carbonyl (C=O) groups excluding carboxylic acids is 1. The van der Waals surface area contributed by atoms with E-state index in [4.69, 9.17) is 11.6 Å². The van der Waals surface area contributed by atoms with Gasteiger partial charge in [-0.1, -0.05) is 11.6 Å². The zero-order chi connectivity index (χ0) is 16.3. The number of hydrogen-bond acceptors (Lipinski definition) is 3. The Balaban J connectivity index is 2.08. The normalized spacial score (nSPS) is 11.1. The summed E-state index contributed by atoms with van der Waals surface area (Å²) in [6, 6.07) is 7.39. The fourth-order valence-corrected chi connectivity index (χ4v) is 1.98. The lowest BCUT2D eigenvalue weighted by Gasteiger charge is -2.21. The largest absolute Gasteiger partial charge is 0.379 e. The minimum absolute atomic E-state index is 0.0458. The van der Waals surface area contributed by atoms with E-state index in [0.29, 0.717) is 5.69 Å². The zero-order valence-corrected chi connectivity index (χ0v) is 13.3. The van der Waals surface area contributed by atoms with Gasteiger partial charge >= 0.3 is 0 Å². The average molecular weight is 322 g/mol. The predicted octanol–water partition coefficient (Wildman–Crippen LogP) is 4.34. The number of nitrogens with one attached hydrogen (secondary N) is 2. The highest BCUT2D eigenvalue weighted by Crippen LogP contribution is 2.20. The van der Waals surface area contributed by atoms with Gasteiger partial charge in [0.1, 0.15) is 11.5 Å². The summed E-state index contributed by atoms with van der Waals surface area (Å²) in [5.74, 6) is -0.916. The molecule has 6 heteroatoms. The highest BCUT2D eigenvalue weighted by atomic mass is 35.5. The number of pyridine rings is 1. The maximum absolute atomic E-state index is 13.1. The first-order chi connectivity index (χ1) is 10.2. The van der Waals surface area contributed by atoms with Crippen LogP contribution in [-0.4, -0.2) is 16.4 Å². The molecule has 0 aliphatic heterocycles. The van der Waals surface area contributed by atoms with Gasteiger partial charge in [-0.25, -0.2) is 9.37 Å². The first kappa shape index (κ1) is 16.2. The molecular weight excluding hydrogens is 305 g/mol. The van der Waals surface area contributed by atoms with Gasteiger partial charge in [0, 0.05) is 11.2 Å². The second-order valence-electron chi connectivity index (χ2n) is 5.89. The lowest BCUT2D eigenvalue weighted by atomic mass is 10.1. The summed E-state index contributed by atoms with van der Waals surface area (Å²) >= 11 is 5.68. The van der Waals surface area contributed by atoms with E-state index in [1.165, 1.54) is 18.2 Å². The molecule has 2 aromatic rings. The fraction of sp³-hybridized carbons (Fsp3) is 0.250. The zero-order valence-electron chi connectivity index (χ0n) is 12.6. The highest BCUT2D eigenvalue weighted by Gasteiger charge is 2.12. The van der Waals surface area contributed by atoms with E-state index in [1.807, 2.05) is 20.8 Å². The van der Waals surface area contributed by atoms with Crippen molar-refractivity contribution in [3.8, 4) is 0 Å². The van der Waals surface area contributed by atoms with Gasteiger partial charge in [0.15, 0.2) is 0 Å². The van der Waals surface area contributed by atoms with E-state index in [0.717, 1.165) is 5.69 Å². The van der Waals surface area contributed by atoms with Crippen LogP contribution >= 0.6 is 11.6 Å². The summed E-state index contributed by atoms with van der Waals surface area (Å²) in [5.41, 5.74) is 1.42. The number of amides is 1. The molecule has 22 heavy (non-hydrogen) atoms. The Bertz CT molecular complexity index is 681. The predicted molar refractivity (Wildman–Crippen MR) is 87.0 cm³/mol. The van der Waals surface area contributed by atoms with Crippen molar-refractivity contribution in [1.29, 1.82) is 0 Å². The van der Waals surface area contributed by atoms with Crippen LogP contribution in [0.5, 0.6) is 0 Å². The summed E-state index contributed by atoms with van der Waals surface area (Å²) in [5, 5.41) is 5.83. The Hall–Kier alpha value is -2.14. The van der Waals surface area contributed by atoms with Crippen molar-refractivity contribution in [3.05, 3.63) is 53.1 Å². The Morgan fingerprint density at radius 1 is 1.18 bits per heavy atom. The molecule has 1 aromatic heterocycles. The Kier molecular flexibility index (Phi) is 4.66. The summed E-state index contributed by atoms with van der Waals surface area (Å²) in [7, 11) is 0. The third-order valence-electron chi connectivity index (χ3n) is 2.69. The average Bonchev–Trinajstić information content (AvgIpc) is 2.42. The third-order valence-corrected chi connectivity index (χ3v) is 2.98. The molecule has 2 N–H and O–H groups in total. The third kappa shape index (κ3) is 4.43. The van der Waals surface area contributed by atoms with Gasteiger partial charge in [-0.15, -0.1) is 0 Å². The van der Waals surface area contributed by atoms with Crippen LogP contribution in [0.25, 0.3) is 0 Å². The van der Waals surface area contributed by atoms with Crippen molar-refractivity contribution in [1.82, 2.24) is 4.98 Å². The van der Waals surface area contributed by atoms with Gasteiger partial charge in [0.2, 0.25) is 0 Å². The highest BCUT2D eigenvalue weighted by molar-refractivity contribution is 6.31. The molecular formula is C16H17ClFN3O. The molecule has 0 unspecified atom stereocenters. The molecule has 1 heterocycles. The molecule has 4 nitrogen and oxygen atoms in total. The smallest absolute Gasteiger partial charge is 0.274 e. The van der Waals surface area contributed by atoms with Gasteiger partial charge in [-0.3, -0.25) is 4.79 Å². The number of anilines is 2. The monoisotopic (exact) mass is 321 g/mol. The fourth-order valence-electron chi connectivity index (χ4n) is 1.80. The summed E-state index contributed by atoms with van der Waals surface area (Å²) in [6.07, 6.45) is 1.60. The van der Waals surface area contributed by atoms with Crippen molar-refractivity contribution in [2.45, 2.75) is 26.3 Å². The van der Waals surface area contributed by atoms with Crippen molar-refractivity contribution in [3.63, 3.8) is 0 Å². The van der Waals surface area contributed by atoms with E-state index in [9.17, 15) is 9.18 Å². The number of carbonyl (C=O) groups is 1. The van der Waals surface area contributed by atoms with E-state index in [1.54, 1.807) is 18.3 Å². The molecule has 1 amide bonds. The molecule has 0 fully saturated rings. The van der Waals surface area contributed by atoms with Gasteiger partial charge in [0.05, 0.1) is 16.9 Å². The van der Waals surface area contributed by atoms with Gasteiger partial charge in [0.25, 0.3) is 5.91 Å². The van der Waals surface area contributed by atoms with Crippen LogP contribution in [0.1, 0.15) is 31.3 Å². The van der Waals surface area contributed by atoms with Crippen LogP contribution < -0.4 is 10.6 Å². The summed E-state index contributed by atoms with van der Waals surface area (Å²) in [6.45, 7) is 6.10. The van der Waals surface area contributed by atoms with Crippen molar-refractivity contribution in [2.24, 2.45) is 0 Å². The Morgan fingerprint density at radius 2 is 1.86 bits per heavy atom. The standard InChI is InChI=1S/C16H17ClFN3O/c1-16(2,3)21-11-5-7-14(19-9-11)15(22)20-10-4-6-13(18)12(17)8-10/h4-9,21H,1-3H3,(H,20,22). The number of halogens is 2. The lowest BCUT2D eigenvalue weighted by Crippen LogP contribution is -2.26. The molecule has 0 saturated heterocycles. The summed E-state index contributed by atoms with van der Waals surface area (Å²) < 4.78 is 13.1. The second-order valence-corrected chi connectivity index (χ2v) is 6.30. The first-order valence-corrected chi connectivity index (χ1v) is 7.13. The molecule has 0 saturated carbocycles. The molecule has 0 aliphatic rings. The molecule has 0 radical (unpaired) electrons. The Labute approximate surface area is 133 Å². The van der Waals surface area contributed by atoms with Crippen LogP contribution in [-0.2, 0) is 0 Å². The van der Waals surface area contributed by atoms with Crippen LogP contribution in [0.2, 0.25) is 5.02 Å².